The number of hydrogen-bond acceptors (Lipinski definition) is 4. The third-order valence-electron chi connectivity index (χ3n) is 4.97. The van der Waals surface area contributed by atoms with Gasteiger partial charge in [-0.2, -0.15) is 5.10 Å². The summed E-state index contributed by atoms with van der Waals surface area (Å²) in [5, 5.41) is 11.0. The Balaban J connectivity index is 1.55. The van der Waals surface area contributed by atoms with Gasteiger partial charge in [0, 0.05) is 36.4 Å². The number of nitrogens with one attached hydrogen (secondary N) is 2. The summed E-state index contributed by atoms with van der Waals surface area (Å²) < 4.78 is 0. The van der Waals surface area contributed by atoms with Crippen molar-refractivity contribution in [2.45, 2.75) is 25.8 Å². The SMILES string of the molecule is NC(=O)c1n[nH]c2ccc(NCc3ccccc3N3CCCCC3)cc12. The predicted molar refractivity (Wildman–Crippen MR) is 104 cm³/mol. The third-order valence-corrected chi connectivity index (χ3v) is 4.97. The van der Waals surface area contributed by atoms with E-state index in [1.807, 2.05) is 18.2 Å². The van der Waals surface area contributed by atoms with Gasteiger partial charge in [-0.15, -0.1) is 0 Å². The number of carbonyl (C=O) groups is 1. The fourth-order valence-corrected chi connectivity index (χ4v) is 3.61. The van der Waals surface area contributed by atoms with Crippen molar-refractivity contribution >= 4 is 28.2 Å². The molecule has 0 aliphatic carbocycles. The summed E-state index contributed by atoms with van der Waals surface area (Å²) >= 11 is 0. The molecule has 0 saturated carbocycles. The largest absolute Gasteiger partial charge is 0.381 e. The van der Waals surface area contributed by atoms with E-state index in [9.17, 15) is 4.79 Å². The predicted octanol–water partition coefficient (Wildman–Crippen LogP) is 3.26. The van der Waals surface area contributed by atoms with Gasteiger partial charge >= 0.3 is 0 Å². The maximum atomic E-state index is 11.5. The topological polar surface area (TPSA) is 87.0 Å². The Hall–Kier alpha value is -3.02. The van der Waals surface area contributed by atoms with Crippen LogP contribution in [0.15, 0.2) is 42.5 Å². The first kappa shape index (κ1) is 16.4. The highest BCUT2D eigenvalue weighted by Crippen LogP contribution is 2.26. The van der Waals surface area contributed by atoms with E-state index >= 15 is 0 Å². The van der Waals surface area contributed by atoms with Crippen molar-refractivity contribution in [3.63, 3.8) is 0 Å². The van der Waals surface area contributed by atoms with Gasteiger partial charge in [-0.25, -0.2) is 0 Å². The summed E-state index contributed by atoms with van der Waals surface area (Å²) in [6, 6.07) is 14.4. The Labute approximate surface area is 152 Å². The van der Waals surface area contributed by atoms with Crippen LogP contribution in [0.1, 0.15) is 35.3 Å². The van der Waals surface area contributed by atoms with Gasteiger partial charge in [-0.3, -0.25) is 9.89 Å². The number of para-hydroxylation sites is 1. The molecule has 0 spiro atoms. The number of fused-ring (bicyclic) bond motifs is 1. The average molecular weight is 349 g/mol. The number of aromatic amines is 1. The second-order valence-electron chi connectivity index (χ2n) is 6.73. The van der Waals surface area contributed by atoms with Crippen LogP contribution in [0, 0.1) is 0 Å². The molecule has 0 atom stereocenters. The van der Waals surface area contributed by atoms with Gasteiger partial charge in [0.05, 0.1) is 5.52 Å². The van der Waals surface area contributed by atoms with Gasteiger partial charge in [0.15, 0.2) is 5.69 Å². The molecule has 3 aromatic rings. The highest BCUT2D eigenvalue weighted by Gasteiger charge is 2.14. The third kappa shape index (κ3) is 3.22. The molecule has 2 heterocycles. The fourth-order valence-electron chi connectivity index (χ4n) is 3.61. The van der Waals surface area contributed by atoms with Gasteiger partial charge in [0.25, 0.3) is 5.91 Å². The lowest BCUT2D eigenvalue weighted by Gasteiger charge is -2.30. The molecule has 1 saturated heterocycles. The smallest absolute Gasteiger partial charge is 0.269 e. The number of anilines is 2. The lowest BCUT2D eigenvalue weighted by molar-refractivity contribution is 0.0997. The zero-order valence-corrected chi connectivity index (χ0v) is 14.7. The molecule has 1 aliphatic heterocycles. The van der Waals surface area contributed by atoms with E-state index in [2.05, 4.69) is 44.7 Å². The molecule has 26 heavy (non-hydrogen) atoms. The molecule has 4 N–H and O–H groups in total. The van der Waals surface area contributed by atoms with E-state index in [1.165, 1.54) is 30.5 Å². The minimum absolute atomic E-state index is 0.275. The van der Waals surface area contributed by atoms with Crippen LogP contribution in [0.3, 0.4) is 0 Å². The lowest BCUT2D eigenvalue weighted by Crippen LogP contribution is -2.30. The molecular weight excluding hydrogens is 326 g/mol. The molecule has 6 nitrogen and oxygen atoms in total. The first-order chi connectivity index (χ1) is 12.7. The number of primary amides is 1. The van der Waals surface area contributed by atoms with E-state index in [4.69, 9.17) is 5.73 Å². The molecule has 6 heteroatoms. The number of amides is 1. The van der Waals surface area contributed by atoms with Crippen molar-refractivity contribution in [1.29, 1.82) is 0 Å². The number of aromatic nitrogens is 2. The molecular formula is C20H23N5O. The van der Waals surface area contributed by atoms with Gasteiger partial charge in [-0.05, 0) is 49.1 Å². The van der Waals surface area contributed by atoms with Crippen molar-refractivity contribution in [2.24, 2.45) is 5.73 Å². The average Bonchev–Trinajstić information content (AvgIpc) is 3.11. The van der Waals surface area contributed by atoms with Gasteiger partial charge in [0.1, 0.15) is 0 Å². The normalized spacial score (nSPS) is 14.5. The molecule has 1 fully saturated rings. The summed E-state index contributed by atoms with van der Waals surface area (Å²) in [6.07, 6.45) is 3.84. The Morgan fingerprint density at radius 1 is 1.15 bits per heavy atom. The van der Waals surface area contributed by atoms with Crippen molar-refractivity contribution in [3.05, 3.63) is 53.7 Å². The molecule has 1 amide bonds. The summed E-state index contributed by atoms with van der Waals surface area (Å²) in [6.45, 7) is 2.97. The summed E-state index contributed by atoms with van der Waals surface area (Å²) in [5.41, 5.74) is 10.00. The second-order valence-corrected chi connectivity index (χ2v) is 6.73. The van der Waals surface area contributed by atoms with E-state index in [0.717, 1.165) is 36.2 Å². The number of H-pyrrole nitrogens is 1. The van der Waals surface area contributed by atoms with Crippen molar-refractivity contribution in [3.8, 4) is 0 Å². The molecule has 1 aromatic heterocycles. The van der Waals surface area contributed by atoms with Gasteiger partial charge in [-0.1, -0.05) is 18.2 Å². The standard InChI is InChI=1S/C20H23N5O/c21-20(26)19-16-12-15(8-9-17(16)23-24-19)22-13-14-6-2-3-7-18(14)25-10-4-1-5-11-25/h2-3,6-9,12,22H,1,4-5,10-11,13H2,(H2,21,26)(H,23,24). The molecule has 2 aromatic carbocycles. The number of hydrogen-bond donors (Lipinski definition) is 3. The fraction of sp³-hybridized carbons (Fsp3) is 0.300. The molecule has 0 bridgehead atoms. The van der Waals surface area contributed by atoms with E-state index < -0.39 is 5.91 Å². The summed E-state index contributed by atoms with van der Waals surface area (Å²) in [5.74, 6) is -0.524. The Kier molecular flexibility index (Phi) is 4.48. The number of carbonyl (C=O) groups excluding carboxylic acids is 1. The quantitative estimate of drug-likeness (QED) is 0.660. The van der Waals surface area contributed by atoms with Crippen LogP contribution in [-0.4, -0.2) is 29.2 Å². The Morgan fingerprint density at radius 2 is 1.96 bits per heavy atom. The van der Waals surface area contributed by atoms with Crippen LogP contribution in [0.5, 0.6) is 0 Å². The first-order valence-corrected chi connectivity index (χ1v) is 9.07. The van der Waals surface area contributed by atoms with E-state index in [0.29, 0.717) is 0 Å². The van der Waals surface area contributed by atoms with Crippen LogP contribution >= 0.6 is 0 Å². The van der Waals surface area contributed by atoms with Crippen molar-refractivity contribution < 1.29 is 4.79 Å². The zero-order chi connectivity index (χ0) is 17.9. The zero-order valence-electron chi connectivity index (χ0n) is 14.7. The number of nitrogens with two attached hydrogens (primary N) is 1. The van der Waals surface area contributed by atoms with Gasteiger partial charge in [0.2, 0.25) is 0 Å². The number of nitrogens with zero attached hydrogens (tertiary/aromatic N) is 2. The van der Waals surface area contributed by atoms with Crippen LogP contribution in [0.25, 0.3) is 10.9 Å². The van der Waals surface area contributed by atoms with Gasteiger partial charge < -0.3 is 16.0 Å². The molecule has 0 radical (unpaired) electrons. The van der Waals surface area contributed by atoms with Crippen LogP contribution in [0.2, 0.25) is 0 Å². The summed E-state index contributed by atoms with van der Waals surface area (Å²) in [7, 11) is 0. The maximum absolute atomic E-state index is 11.5. The van der Waals surface area contributed by atoms with Crippen molar-refractivity contribution in [2.75, 3.05) is 23.3 Å². The van der Waals surface area contributed by atoms with E-state index in [-0.39, 0.29) is 5.69 Å². The minimum atomic E-state index is -0.524. The molecule has 134 valence electrons. The number of rotatable bonds is 5. The maximum Gasteiger partial charge on any atom is 0.269 e. The first-order valence-electron chi connectivity index (χ1n) is 9.07. The van der Waals surface area contributed by atoms with Crippen molar-refractivity contribution in [1.82, 2.24) is 10.2 Å². The highest BCUT2D eigenvalue weighted by atomic mass is 16.1. The number of benzene rings is 2. The van der Waals surface area contributed by atoms with Crippen LogP contribution < -0.4 is 16.0 Å². The van der Waals surface area contributed by atoms with Crippen LogP contribution in [-0.2, 0) is 6.54 Å². The lowest BCUT2D eigenvalue weighted by atomic mass is 10.1. The molecule has 0 unspecified atom stereocenters. The second kappa shape index (κ2) is 7.07. The van der Waals surface area contributed by atoms with Crippen LogP contribution in [0.4, 0.5) is 11.4 Å². The minimum Gasteiger partial charge on any atom is -0.381 e. The summed E-state index contributed by atoms with van der Waals surface area (Å²) in [4.78, 5) is 14.0. The molecule has 1 aliphatic rings. The highest BCUT2D eigenvalue weighted by molar-refractivity contribution is 6.04. The number of piperidine rings is 1. The Morgan fingerprint density at radius 3 is 2.77 bits per heavy atom. The molecule has 4 rings (SSSR count). The monoisotopic (exact) mass is 349 g/mol. The van der Waals surface area contributed by atoms with E-state index in [1.54, 1.807) is 0 Å². The Bertz CT molecular complexity index is 927.